The summed E-state index contributed by atoms with van der Waals surface area (Å²) in [5, 5.41) is 0.567. The molecule has 0 radical (unpaired) electrons. The monoisotopic (exact) mass is 435 g/mol. The van der Waals surface area contributed by atoms with Crippen molar-refractivity contribution in [2.24, 2.45) is 17.8 Å². The first kappa shape index (κ1) is 20.4. The number of piperidine rings is 1. The Labute approximate surface area is 178 Å². The second-order valence-corrected chi connectivity index (χ2v) is 8.91. The summed E-state index contributed by atoms with van der Waals surface area (Å²) in [5.74, 6) is 3.68. The molecule has 0 spiro atoms. The van der Waals surface area contributed by atoms with E-state index in [0.717, 1.165) is 43.2 Å². The molecule has 0 amide bonds. The molecule has 2 fully saturated rings. The molecule has 1 aromatic carbocycles. The van der Waals surface area contributed by atoms with Gasteiger partial charge in [-0.1, -0.05) is 11.6 Å². The van der Waals surface area contributed by atoms with Crippen molar-refractivity contribution in [3.05, 3.63) is 41.7 Å². The zero-order chi connectivity index (χ0) is 20.2. The van der Waals surface area contributed by atoms with Crippen LogP contribution < -0.4 is 14.4 Å². The fourth-order valence-electron chi connectivity index (χ4n) is 3.99. The number of ether oxygens (including phenoxy) is 1. The number of benzene rings is 1. The van der Waals surface area contributed by atoms with E-state index >= 15 is 0 Å². The highest BCUT2D eigenvalue weighted by Gasteiger charge is 2.39. The molecule has 4 rings (SSSR count). The van der Waals surface area contributed by atoms with Crippen LogP contribution in [0.25, 0.3) is 0 Å². The van der Waals surface area contributed by atoms with Crippen LogP contribution in [0.4, 0.5) is 11.6 Å². The second kappa shape index (κ2) is 9.28. The molecular formula is C20H24ClN4O3S-. The summed E-state index contributed by atoms with van der Waals surface area (Å²) >= 11 is 3.56. The number of nitrogens with one attached hydrogen (secondary N) is 1. The van der Waals surface area contributed by atoms with Gasteiger partial charge in [-0.25, -0.2) is 9.97 Å². The highest BCUT2D eigenvalue weighted by molar-refractivity contribution is 7.80. The van der Waals surface area contributed by atoms with Crippen LogP contribution in [0.5, 0.6) is 5.75 Å². The van der Waals surface area contributed by atoms with Gasteiger partial charge >= 0.3 is 0 Å². The molecule has 29 heavy (non-hydrogen) atoms. The molecule has 1 N–H and O–H groups in total. The van der Waals surface area contributed by atoms with E-state index in [9.17, 15) is 8.76 Å². The zero-order valence-corrected chi connectivity index (χ0v) is 17.6. The Morgan fingerprint density at radius 1 is 1.17 bits per heavy atom. The average molecular weight is 436 g/mol. The van der Waals surface area contributed by atoms with E-state index in [-0.39, 0.29) is 0 Å². The molecule has 1 unspecified atom stereocenters. The number of anilines is 2. The maximum Gasteiger partial charge on any atom is 0.225 e. The molecule has 1 aliphatic carbocycles. The molecule has 9 heteroatoms. The fourth-order valence-corrected chi connectivity index (χ4v) is 4.41. The number of rotatable bonds is 8. The van der Waals surface area contributed by atoms with Crippen molar-refractivity contribution in [1.82, 2.24) is 9.97 Å². The van der Waals surface area contributed by atoms with Gasteiger partial charge in [0.25, 0.3) is 0 Å². The summed E-state index contributed by atoms with van der Waals surface area (Å²) in [7, 11) is 0. The third-order valence-electron chi connectivity index (χ3n) is 5.73. The first-order valence-electron chi connectivity index (χ1n) is 9.88. The predicted octanol–water partition coefficient (Wildman–Crippen LogP) is 3.66. The highest BCUT2D eigenvalue weighted by atomic mass is 35.5. The summed E-state index contributed by atoms with van der Waals surface area (Å²) < 4.78 is 29.4. The molecule has 156 valence electrons. The van der Waals surface area contributed by atoms with Crippen LogP contribution in [0.15, 0.2) is 36.7 Å². The number of aromatic nitrogens is 2. The molecule has 2 aromatic rings. The van der Waals surface area contributed by atoms with Crippen molar-refractivity contribution in [2.75, 3.05) is 29.3 Å². The van der Waals surface area contributed by atoms with Crippen LogP contribution in [0.2, 0.25) is 5.02 Å². The fraction of sp³-hybridized carbons (Fsp3) is 0.500. The standard InChI is InChI=1S/C20H25ClN4O3S/c21-17-11-22-20(23-12-17)25-7-5-14(6-8-25)9-15-10-16(15)13-28-19-3-1-18(2-4-19)24-29(26)27/h1-4,11-12,14-16,24H,5-10,13H2,(H,26,27)/p-1/t15-,16+/m0/s1. The average Bonchev–Trinajstić information content (AvgIpc) is 3.46. The van der Waals surface area contributed by atoms with Crippen LogP contribution in [0.3, 0.4) is 0 Å². The molecule has 7 nitrogen and oxygen atoms in total. The summed E-state index contributed by atoms with van der Waals surface area (Å²) in [6.45, 7) is 2.71. The van der Waals surface area contributed by atoms with Crippen LogP contribution in [0.1, 0.15) is 25.7 Å². The molecule has 2 heterocycles. The normalized spacial score (nSPS) is 22.9. The Hall–Kier alpha value is -1.90. The number of halogens is 1. The van der Waals surface area contributed by atoms with Gasteiger partial charge in [-0.15, -0.1) is 0 Å². The maximum atomic E-state index is 10.6. The first-order chi connectivity index (χ1) is 14.1. The Bertz CT molecular complexity index is 829. The smallest absolute Gasteiger partial charge is 0.225 e. The lowest BCUT2D eigenvalue weighted by molar-refractivity contribution is 0.279. The van der Waals surface area contributed by atoms with E-state index in [1.165, 1.54) is 25.7 Å². The van der Waals surface area contributed by atoms with Gasteiger partial charge in [0.05, 0.1) is 24.0 Å². The molecule has 0 bridgehead atoms. The quantitative estimate of drug-likeness (QED) is 0.636. The van der Waals surface area contributed by atoms with Gasteiger partial charge in [0.1, 0.15) is 5.75 Å². The van der Waals surface area contributed by atoms with E-state index < -0.39 is 11.3 Å². The van der Waals surface area contributed by atoms with Gasteiger partial charge in [0.2, 0.25) is 5.95 Å². The Balaban J connectivity index is 1.15. The van der Waals surface area contributed by atoms with E-state index in [2.05, 4.69) is 19.6 Å². The third-order valence-corrected chi connectivity index (χ3v) is 6.33. The van der Waals surface area contributed by atoms with Crippen LogP contribution >= 0.6 is 11.6 Å². The van der Waals surface area contributed by atoms with Gasteiger partial charge < -0.3 is 18.9 Å². The molecule has 1 saturated heterocycles. The largest absolute Gasteiger partial charge is 0.755 e. The van der Waals surface area contributed by atoms with E-state index in [0.29, 0.717) is 16.6 Å². The van der Waals surface area contributed by atoms with Gasteiger partial charge in [0.15, 0.2) is 0 Å². The van der Waals surface area contributed by atoms with Crippen molar-refractivity contribution in [2.45, 2.75) is 25.7 Å². The van der Waals surface area contributed by atoms with Crippen molar-refractivity contribution >= 4 is 34.5 Å². The topological polar surface area (TPSA) is 90.4 Å². The molecular weight excluding hydrogens is 412 g/mol. The SMILES string of the molecule is O=S([O-])Nc1ccc(OC[C@H]2C[C@@H]2CC2CCN(c3ncc(Cl)cn3)CC2)cc1. The number of hydrogen-bond donors (Lipinski definition) is 1. The van der Waals surface area contributed by atoms with Gasteiger partial charge in [0, 0.05) is 30.0 Å². The molecule has 2 aliphatic rings. The molecule has 1 aliphatic heterocycles. The summed E-state index contributed by atoms with van der Waals surface area (Å²) in [4.78, 5) is 10.9. The Morgan fingerprint density at radius 2 is 1.86 bits per heavy atom. The van der Waals surface area contributed by atoms with Crippen LogP contribution in [-0.2, 0) is 11.3 Å². The predicted molar refractivity (Wildman–Crippen MR) is 113 cm³/mol. The van der Waals surface area contributed by atoms with Crippen molar-refractivity contribution in [3.8, 4) is 5.75 Å². The molecule has 3 atom stereocenters. The lowest BCUT2D eigenvalue weighted by atomic mass is 9.91. The van der Waals surface area contributed by atoms with Gasteiger partial charge in [-0.3, -0.25) is 4.21 Å². The van der Waals surface area contributed by atoms with Crippen LogP contribution in [0, 0.1) is 17.8 Å². The molecule has 1 aromatic heterocycles. The van der Waals surface area contributed by atoms with Gasteiger partial charge in [-0.2, -0.15) is 0 Å². The third kappa shape index (κ3) is 5.81. The number of hydrogen-bond acceptors (Lipinski definition) is 6. The zero-order valence-electron chi connectivity index (χ0n) is 16.0. The maximum absolute atomic E-state index is 10.6. The van der Waals surface area contributed by atoms with Crippen molar-refractivity contribution in [3.63, 3.8) is 0 Å². The summed E-state index contributed by atoms with van der Waals surface area (Å²) in [5.41, 5.74) is 0.533. The van der Waals surface area contributed by atoms with Crippen molar-refractivity contribution in [1.29, 1.82) is 0 Å². The van der Waals surface area contributed by atoms with Crippen molar-refractivity contribution < 1.29 is 13.5 Å². The van der Waals surface area contributed by atoms with E-state index in [4.69, 9.17) is 16.3 Å². The second-order valence-electron chi connectivity index (χ2n) is 7.80. The van der Waals surface area contributed by atoms with Crippen LogP contribution in [-0.4, -0.2) is 38.4 Å². The van der Waals surface area contributed by atoms with Gasteiger partial charge in [-0.05, 0) is 67.7 Å². The first-order valence-corrected chi connectivity index (χ1v) is 11.3. The minimum absolute atomic E-state index is 0.533. The highest BCUT2D eigenvalue weighted by Crippen LogP contribution is 2.45. The van der Waals surface area contributed by atoms with E-state index in [1.54, 1.807) is 36.7 Å². The number of nitrogens with zero attached hydrogens (tertiary/aromatic N) is 3. The lowest BCUT2D eigenvalue weighted by Gasteiger charge is -2.32. The minimum Gasteiger partial charge on any atom is -0.755 e. The lowest BCUT2D eigenvalue weighted by Crippen LogP contribution is -2.35. The summed E-state index contributed by atoms with van der Waals surface area (Å²) in [6.07, 6.45) is 8.15. The Kier molecular flexibility index (Phi) is 6.52. The van der Waals surface area contributed by atoms with E-state index in [1.807, 2.05) is 0 Å². The molecule has 1 saturated carbocycles. The minimum atomic E-state index is -2.30. The Morgan fingerprint density at radius 3 is 2.52 bits per heavy atom. The summed E-state index contributed by atoms with van der Waals surface area (Å²) in [6, 6.07) is 6.99.